The molecule has 0 aliphatic carbocycles. The molecule has 4 nitrogen and oxygen atoms in total. The summed E-state index contributed by atoms with van der Waals surface area (Å²) in [7, 11) is 0. The number of benzene rings is 2. The lowest BCUT2D eigenvalue weighted by Gasteiger charge is -2.11. The quantitative estimate of drug-likeness (QED) is 0.328. The molecule has 0 bridgehead atoms. The summed E-state index contributed by atoms with van der Waals surface area (Å²) in [6.45, 7) is 2.92. The Morgan fingerprint density at radius 2 is 2.07 bits per heavy atom. The number of carbonyl (C=O) groups is 1. The van der Waals surface area contributed by atoms with Gasteiger partial charge in [0.25, 0.3) is 0 Å². The van der Waals surface area contributed by atoms with E-state index in [1.807, 2.05) is 18.2 Å². The zero-order valence-corrected chi connectivity index (χ0v) is 16.6. The van der Waals surface area contributed by atoms with E-state index in [0.717, 1.165) is 28.5 Å². The van der Waals surface area contributed by atoms with Crippen LogP contribution in [0.25, 0.3) is 21.1 Å². The minimum atomic E-state index is -0.747. The van der Waals surface area contributed by atoms with E-state index in [1.165, 1.54) is 21.2 Å². The summed E-state index contributed by atoms with van der Waals surface area (Å²) in [5, 5.41) is 13.3. The molecule has 4 rings (SSSR count). The Labute approximate surface area is 165 Å². The van der Waals surface area contributed by atoms with Crippen LogP contribution in [0.3, 0.4) is 0 Å². The number of nitrogens with zero attached hydrogens (tertiary/aromatic N) is 2. The number of fused-ring (bicyclic) bond motifs is 2. The first kappa shape index (κ1) is 18.1. The molecule has 0 saturated heterocycles. The van der Waals surface area contributed by atoms with Gasteiger partial charge in [0.05, 0.1) is 17.6 Å². The molecule has 0 amide bonds. The van der Waals surface area contributed by atoms with Crippen molar-refractivity contribution in [3.05, 3.63) is 59.0 Å². The molecule has 27 heavy (non-hydrogen) atoms. The van der Waals surface area contributed by atoms with Gasteiger partial charge in [0.2, 0.25) is 0 Å². The molecule has 0 fully saturated rings. The third kappa shape index (κ3) is 3.73. The van der Waals surface area contributed by atoms with E-state index in [0.29, 0.717) is 6.42 Å². The Kier molecular flexibility index (Phi) is 5.18. The molecule has 0 radical (unpaired) electrons. The summed E-state index contributed by atoms with van der Waals surface area (Å²) in [4.78, 5) is 15.6. The summed E-state index contributed by atoms with van der Waals surface area (Å²) in [5.41, 5.74) is 4.70. The van der Waals surface area contributed by atoms with E-state index in [2.05, 4.69) is 41.1 Å². The van der Waals surface area contributed by atoms with Crippen LogP contribution in [-0.2, 0) is 11.3 Å². The highest BCUT2D eigenvalue weighted by atomic mass is 32.2. The summed E-state index contributed by atoms with van der Waals surface area (Å²) >= 11 is 3.42. The largest absolute Gasteiger partial charge is 0.481 e. The Morgan fingerprint density at radius 3 is 2.93 bits per heavy atom. The van der Waals surface area contributed by atoms with Gasteiger partial charge < -0.3 is 9.67 Å². The van der Waals surface area contributed by atoms with Gasteiger partial charge in [-0.3, -0.25) is 4.79 Å². The number of hydrogen-bond acceptors (Lipinski definition) is 4. The van der Waals surface area contributed by atoms with Crippen molar-refractivity contribution in [2.75, 3.05) is 5.75 Å². The molecule has 2 heterocycles. The van der Waals surface area contributed by atoms with Crippen LogP contribution in [0.1, 0.15) is 24.0 Å². The Morgan fingerprint density at radius 1 is 1.22 bits per heavy atom. The zero-order chi connectivity index (χ0) is 18.8. The van der Waals surface area contributed by atoms with Gasteiger partial charge >= 0.3 is 5.97 Å². The molecule has 2 aromatic heterocycles. The van der Waals surface area contributed by atoms with Gasteiger partial charge in [0.1, 0.15) is 0 Å². The number of imidazole rings is 1. The fourth-order valence-electron chi connectivity index (χ4n) is 3.34. The van der Waals surface area contributed by atoms with Crippen LogP contribution in [0.5, 0.6) is 0 Å². The van der Waals surface area contributed by atoms with Crippen molar-refractivity contribution >= 4 is 50.2 Å². The van der Waals surface area contributed by atoms with Crippen LogP contribution < -0.4 is 0 Å². The lowest BCUT2D eigenvalue weighted by Crippen LogP contribution is -2.03. The van der Waals surface area contributed by atoms with E-state index in [1.54, 1.807) is 23.1 Å². The lowest BCUT2D eigenvalue weighted by atomic mass is 10.1. The molecule has 0 spiro atoms. The van der Waals surface area contributed by atoms with Crippen LogP contribution in [0, 0.1) is 6.92 Å². The average molecular weight is 397 g/mol. The molecule has 6 heteroatoms. The normalized spacial score (nSPS) is 11.4. The molecule has 0 aliphatic rings. The highest BCUT2D eigenvalue weighted by Gasteiger charge is 2.14. The monoisotopic (exact) mass is 396 g/mol. The number of aryl methyl sites for hydroxylation is 1. The highest BCUT2D eigenvalue weighted by molar-refractivity contribution is 7.99. The predicted octanol–water partition coefficient (Wildman–Crippen LogP) is 5.56. The van der Waals surface area contributed by atoms with Crippen molar-refractivity contribution in [1.82, 2.24) is 9.55 Å². The number of thiophene rings is 1. The number of hydrogen-bond donors (Lipinski definition) is 1. The molecule has 4 aromatic rings. The fraction of sp³-hybridized carbons (Fsp3) is 0.238. The molecule has 0 unspecified atom stereocenters. The number of thioether (sulfide) groups is 1. The molecule has 0 atom stereocenters. The molecule has 138 valence electrons. The van der Waals surface area contributed by atoms with Crippen LogP contribution in [0.2, 0.25) is 0 Å². The van der Waals surface area contributed by atoms with E-state index < -0.39 is 5.97 Å². The topological polar surface area (TPSA) is 55.1 Å². The number of carboxylic acids is 1. The minimum absolute atomic E-state index is 0.195. The zero-order valence-electron chi connectivity index (χ0n) is 15.0. The van der Waals surface area contributed by atoms with E-state index in [-0.39, 0.29) is 6.42 Å². The second-order valence-electron chi connectivity index (χ2n) is 6.52. The van der Waals surface area contributed by atoms with Crippen LogP contribution in [0.15, 0.2) is 53.0 Å². The fourth-order valence-corrected chi connectivity index (χ4v) is 5.28. The number of aromatic nitrogens is 2. The van der Waals surface area contributed by atoms with Crippen LogP contribution >= 0.6 is 23.1 Å². The third-order valence-corrected chi connectivity index (χ3v) is 6.71. The summed E-state index contributed by atoms with van der Waals surface area (Å²) < 4.78 is 3.57. The van der Waals surface area contributed by atoms with Crippen LogP contribution in [-0.4, -0.2) is 26.4 Å². The Balaban J connectivity index is 1.70. The van der Waals surface area contributed by atoms with Gasteiger partial charge in [-0.2, -0.15) is 0 Å². The Hall–Kier alpha value is -2.31. The van der Waals surface area contributed by atoms with Gasteiger partial charge in [0.15, 0.2) is 5.16 Å². The van der Waals surface area contributed by atoms with Crippen molar-refractivity contribution in [3.8, 4) is 0 Å². The van der Waals surface area contributed by atoms with Gasteiger partial charge in [-0.05, 0) is 48.1 Å². The molecular formula is C21H20N2O2S2. The molecule has 2 aromatic carbocycles. The van der Waals surface area contributed by atoms with Crippen molar-refractivity contribution in [2.45, 2.75) is 31.5 Å². The second-order valence-corrected chi connectivity index (χ2v) is 8.50. The lowest BCUT2D eigenvalue weighted by molar-refractivity contribution is -0.137. The van der Waals surface area contributed by atoms with Crippen molar-refractivity contribution < 1.29 is 9.90 Å². The van der Waals surface area contributed by atoms with Gasteiger partial charge in [-0.25, -0.2) is 4.98 Å². The SMILES string of the molecule is Cc1csc2cccc(Cn3c(SCCCC(=O)O)nc4ccccc43)c12. The smallest absolute Gasteiger partial charge is 0.303 e. The number of aliphatic carboxylic acids is 1. The van der Waals surface area contributed by atoms with Crippen LogP contribution in [0.4, 0.5) is 0 Å². The second kappa shape index (κ2) is 7.74. The first-order valence-electron chi connectivity index (χ1n) is 8.89. The molecule has 1 N–H and O–H groups in total. The standard InChI is InChI=1S/C21H20N2O2S2/c1-14-13-27-18-9-4-6-15(20(14)18)12-23-17-8-3-2-7-16(17)22-21(23)26-11-5-10-19(24)25/h2-4,6-9,13H,5,10-12H2,1H3,(H,24,25). The van der Waals surface area contributed by atoms with Gasteiger partial charge in [-0.15, -0.1) is 11.3 Å². The summed E-state index contributed by atoms with van der Waals surface area (Å²) in [6, 6.07) is 14.7. The van der Waals surface area contributed by atoms with Crippen molar-refractivity contribution in [1.29, 1.82) is 0 Å². The number of carboxylic acid groups (broad SMARTS) is 1. The molecular weight excluding hydrogens is 376 g/mol. The maximum absolute atomic E-state index is 10.8. The first-order valence-corrected chi connectivity index (χ1v) is 10.8. The van der Waals surface area contributed by atoms with Crippen molar-refractivity contribution in [3.63, 3.8) is 0 Å². The molecule has 0 saturated carbocycles. The number of para-hydroxylation sites is 2. The summed E-state index contributed by atoms with van der Waals surface area (Å²) in [6.07, 6.45) is 0.836. The molecule has 0 aliphatic heterocycles. The maximum Gasteiger partial charge on any atom is 0.303 e. The minimum Gasteiger partial charge on any atom is -0.481 e. The predicted molar refractivity (Wildman–Crippen MR) is 113 cm³/mol. The van der Waals surface area contributed by atoms with Gasteiger partial charge in [0, 0.05) is 22.3 Å². The maximum atomic E-state index is 10.8. The van der Waals surface area contributed by atoms with Crippen molar-refractivity contribution in [2.24, 2.45) is 0 Å². The summed E-state index contributed by atoms with van der Waals surface area (Å²) in [5.74, 6) is 0.000761. The van der Waals surface area contributed by atoms with E-state index in [9.17, 15) is 4.79 Å². The third-order valence-electron chi connectivity index (χ3n) is 4.58. The number of rotatable bonds is 7. The van der Waals surface area contributed by atoms with E-state index in [4.69, 9.17) is 10.1 Å². The Bertz CT molecular complexity index is 1110. The first-order chi connectivity index (χ1) is 13.1. The van der Waals surface area contributed by atoms with Gasteiger partial charge in [-0.1, -0.05) is 36.0 Å². The average Bonchev–Trinajstić information content (AvgIpc) is 3.20. The van der Waals surface area contributed by atoms with E-state index >= 15 is 0 Å². The highest BCUT2D eigenvalue weighted by Crippen LogP contribution is 2.31.